The molecular formula is C24H23ClFNO4. The first-order valence-corrected chi connectivity index (χ1v) is 10.7. The Kier molecular flexibility index (Phi) is 6.01. The van der Waals surface area contributed by atoms with Crippen molar-refractivity contribution in [3.05, 3.63) is 70.0 Å². The molecule has 7 heteroatoms. The quantitative estimate of drug-likeness (QED) is 0.398. The highest BCUT2D eigenvalue weighted by Crippen LogP contribution is 2.44. The summed E-state index contributed by atoms with van der Waals surface area (Å²) in [5.41, 5.74) is 0.174. The highest BCUT2D eigenvalue weighted by Gasteiger charge is 2.49. The molecule has 0 bridgehead atoms. The summed E-state index contributed by atoms with van der Waals surface area (Å²) >= 11 is 6.29. The van der Waals surface area contributed by atoms with Crippen LogP contribution < -0.4 is 4.74 Å². The van der Waals surface area contributed by atoms with Crippen LogP contribution in [-0.4, -0.2) is 34.8 Å². The minimum Gasteiger partial charge on any atom is -0.507 e. The predicted molar refractivity (Wildman–Crippen MR) is 115 cm³/mol. The number of amides is 1. The molecule has 0 aromatic heterocycles. The van der Waals surface area contributed by atoms with Crippen molar-refractivity contribution >= 4 is 29.1 Å². The number of hydrogen-bond acceptors (Lipinski definition) is 4. The maximum absolute atomic E-state index is 14.9. The van der Waals surface area contributed by atoms with Crippen molar-refractivity contribution in [2.24, 2.45) is 0 Å². The van der Waals surface area contributed by atoms with E-state index in [2.05, 4.69) is 0 Å². The first kappa shape index (κ1) is 21.4. The summed E-state index contributed by atoms with van der Waals surface area (Å²) in [6.07, 6.45) is 4.39. The van der Waals surface area contributed by atoms with E-state index in [0.29, 0.717) is 5.75 Å². The molecule has 0 spiro atoms. The van der Waals surface area contributed by atoms with Gasteiger partial charge in [0.05, 0.1) is 23.7 Å². The lowest BCUT2D eigenvalue weighted by Gasteiger charge is -2.35. The van der Waals surface area contributed by atoms with E-state index in [1.54, 1.807) is 24.3 Å². The van der Waals surface area contributed by atoms with Crippen LogP contribution in [0.2, 0.25) is 5.02 Å². The molecule has 0 radical (unpaired) electrons. The third-order valence-corrected chi connectivity index (χ3v) is 6.41. The highest BCUT2D eigenvalue weighted by molar-refractivity contribution is 6.47. The Balaban J connectivity index is 1.93. The van der Waals surface area contributed by atoms with Crippen LogP contribution in [0, 0.1) is 5.82 Å². The number of halogens is 2. The second-order valence-corrected chi connectivity index (χ2v) is 8.27. The Bertz CT molecular complexity index is 1060. The van der Waals surface area contributed by atoms with E-state index < -0.39 is 29.3 Å². The van der Waals surface area contributed by atoms with E-state index >= 15 is 0 Å². The largest absolute Gasteiger partial charge is 0.507 e. The molecule has 1 aliphatic carbocycles. The molecule has 2 aliphatic rings. The molecule has 1 amide bonds. The standard InChI is InChI=1S/C24H23ClFNO4/c1-31-15-11-12-18(25)17(13-15)22(28)20-21(16-9-5-6-10-19(16)26)27(24(30)23(20)29)14-7-3-2-4-8-14/h5-6,9-14,21,28H,2-4,7-8H2,1H3/b22-20+. The highest BCUT2D eigenvalue weighted by atomic mass is 35.5. The molecular weight excluding hydrogens is 421 g/mol. The average Bonchev–Trinajstić information content (AvgIpc) is 3.05. The number of hydrogen-bond donors (Lipinski definition) is 1. The first-order valence-electron chi connectivity index (χ1n) is 10.3. The maximum atomic E-state index is 14.9. The van der Waals surface area contributed by atoms with Gasteiger partial charge in [-0.1, -0.05) is 49.1 Å². The van der Waals surface area contributed by atoms with Crippen molar-refractivity contribution in [2.75, 3.05) is 7.11 Å². The fourth-order valence-electron chi connectivity index (χ4n) is 4.55. The molecule has 2 aromatic rings. The number of aliphatic hydroxyl groups excluding tert-OH is 1. The van der Waals surface area contributed by atoms with Gasteiger partial charge >= 0.3 is 0 Å². The molecule has 1 saturated carbocycles. The minimum atomic E-state index is -1.02. The van der Waals surface area contributed by atoms with Crippen LogP contribution in [-0.2, 0) is 9.59 Å². The predicted octanol–water partition coefficient (Wildman–Crippen LogP) is 5.24. The van der Waals surface area contributed by atoms with Crippen molar-refractivity contribution in [3.8, 4) is 5.75 Å². The van der Waals surface area contributed by atoms with Crippen LogP contribution in [0.1, 0.15) is 49.3 Å². The van der Waals surface area contributed by atoms with Gasteiger partial charge in [-0.05, 0) is 37.1 Å². The van der Waals surface area contributed by atoms with Gasteiger partial charge in [0.25, 0.3) is 11.7 Å². The fraction of sp³-hybridized carbons (Fsp3) is 0.333. The Labute approximate surface area is 185 Å². The van der Waals surface area contributed by atoms with Gasteiger partial charge in [-0.15, -0.1) is 0 Å². The van der Waals surface area contributed by atoms with E-state index in [0.717, 1.165) is 32.1 Å². The summed E-state index contributed by atoms with van der Waals surface area (Å²) in [7, 11) is 1.47. The van der Waals surface area contributed by atoms with Gasteiger partial charge in [-0.25, -0.2) is 4.39 Å². The molecule has 4 rings (SSSR count). The van der Waals surface area contributed by atoms with Crippen LogP contribution in [0.5, 0.6) is 5.75 Å². The van der Waals surface area contributed by atoms with Gasteiger partial charge in [-0.2, -0.15) is 0 Å². The summed E-state index contributed by atoms with van der Waals surface area (Å²) in [6, 6.07) is 9.45. The number of aliphatic hydroxyl groups is 1. The fourth-order valence-corrected chi connectivity index (χ4v) is 4.75. The van der Waals surface area contributed by atoms with Gasteiger partial charge < -0.3 is 14.7 Å². The van der Waals surface area contributed by atoms with Crippen LogP contribution in [0.15, 0.2) is 48.0 Å². The van der Waals surface area contributed by atoms with E-state index in [1.165, 1.54) is 30.2 Å². The smallest absolute Gasteiger partial charge is 0.295 e. The van der Waals surface area contributed by atoms with Crippen molar-refractivity contribution in [2.45, 2.75) is 44.2 Å². The van der Waals surface area contributed by atoms with Gasteiger partial charge in [0.1, 0.15) is 17.3 Å². The number of ketones is 1. The summed E-state index contributed by atoms with van der Waals surface area (Å²) < 4.78 is 20.1. The number of carbonyl (C=O) groups excluding carboxylic acids is 2. The van der Waals surface area contributed by atoms with Gasteiger partial charge in [0.15, 0.2) is 0 Å². The molecule has 5 nitrogen and oxygen atoms in total. The zero-order chi connectivity index (χ0) is 22.1. The molecule has 2 fully saturated rings. The number of benzene rings is 2. The minimum absolute atomic E-state index is 0.156. The van der Waals surface area contributed by atoms with Gasteiger partial charge in [-0.3, -0.25) is 9.59 Å². The van der Waals surface area contributed by atoms with Crippen LogP contribution in [0.25, 0.3) is 5.76 Å². The number of carbonyl (C=O) groups is 2. The van der Waals surface area contributed by atoms with Crippen molar-refractivity contribution < 1.29 is 23.8 Å². The summed E-state index contributed by atoms with van der Waals surface area (Å²) in [5.74, 6) is -2.11. The molecule has 1 saturated heterocycles. The first-order chi connectivity index (χ1) is 14.9. The third kappa shape index (κ3) is 3.81. The normalized spacial score (nSPS) is 21.5. The van der Waals surface area contributed by atoms with Crippen LogP contribution in [0.4, 0.5) is 4.39 Å². The molecule has 1 heterocycles. The third-order valence-electron chi connectivity index (χ3n) is 6.08. The number of likely N-dealkylation sites (tertiary alicyclic amines) is 1. The molecule has 2 aromatic carbocycles. The van der Waals surface area contributed by atoms with E-state index in [1.807, 2.05) is 0 Å². The van der Waals surface area contributed by atoms with Crippen LogP contribution in [0.3, 0.4) is 0 Å². The second-order valence-electron chi connectivity index (χ2n) is 7.87. The summed E-state index contributed by atoms with van der Waals surface area (Å²) in [6.45, 7) is 0. The lowest BCUT2D eigenvalue weighted by Crippen LogP contribution is -2.40. The monoisotopic (exact) mass is 443 g/mol. The van der Waals surface area contributed by atoms with Crippen LogP contribution >= 0.6 is 11.6 Å². The zero-order valence-electron chi connectivity index (χ0n) is 17.1. The number of nitrogens with zero attached hydrogens (tertiary/aromatic N) is 1. The average molecular weight is 444 g/mol. The van der Waals surface area contributed by atoms with E-state index in [9.17, 15) is 19.1 Å². The topological polar surface area (TPSA) is 66.8 Å². The van der Waals surface area contributed by atoms with Crippen molar-refractivity contribution in [3.63, 3.8) is 0 Å². The molecule has 1 aliphatic heterocycles. The Morgan fingerprint density at radius 2 is 1.84 bits per heavy atom. The van der Waals surface area contributed by atoms with E-state index in [4.69, 9.17) is 16.3 Å². The lowest BCUT2D eigenvalue weighted by molar-refractivity contribution is -0.141. The van der Waals surface area contributed by atoms with Gasteiger partial charge in [0.2, 0.25) is 0 Å². The second kappa shape index (κ2) is 8.71. The number of ether oxygens (including phenoxy) is 1. The SMILES string of the molecule is COc1ccc(Cl)c(/C(O)=C2\C(=O)C(=O)N(C3CCCCC3)C2c2ccccc2F)c1. The zero-order valence-corrected chi connectivity index (χ0v) is 17.9. The maximum Gasteiger partial charge on any atom is 0.295 e. The molecule has 1 atom stereocenters. The van der Waals surface area contributed by atoms with Gasteiger partial charge in [0, 0.05) is 17.2 Å². The number of rotatable bonds is 4. The summed E-state index contributed by atoms with van der Waals surface area (Å²) in [5, 5.41) is 11.4. The number of Topliss-reactive ketones (excluding diaryl/α,β-unsaturated/α-hetero) is 1. The van der Waals surface area contributed by atoms with Crippen molar-refractivity contribution in [1.29, 1.82) is 0 Å². The molecule has 31 heavy (non-hydrogen) atoms. The number of methoxy groups -OCH3 is 1. The molecule has 162 valence electrons. The summed E-state index contributed by atoms with van der Waals surface area (Å²) in [4.78, 5) is 27.7. The van der Waals surface area contributed by atoms with E-state index in [-0.39, 0.29) is 27.8 Å². The Morgan fingerprint density at radius 1 is 1.13 bits per heavy atom. The molecule has 1 N–H and O–H groups in total. The lowest BCUT2D eigenvalue weighted by atomic mass is 9.90. The Morgan fingerprint density at radius 3 is 2.52 bits per heavy atom. The Hall–Kier alpha value is -2.86. The van der Waals surface area contributed by atoms with Crippen molar-refractivity contribution in [1.82, 2.24) is 4.90 Å². The molecule has 1 unspecified atom stereocenters.